The van der Waals surface area contributed by atoms with Crippen molar-refractivity contribution in [2.45, 2.75) is 39.2 Å². The summed E-state index contributed by atoms with van der Waals surface area (Å²) in [7, 11) is 0. The van der Waals surface area contributed by atoms with Crippen molar-refractivity contribution in [2.75, 3.05) is 45.8 Å². The Morgan fingerprint density at radius 1 is 1.04 bits per heavy atom. The summed E-state index contributed by atoms with van der Waals surface area (Å²) in [4.78, 5) is 19.9. The minimum atomic E-state index is 0.263. The first kappa shape index (κ1) is 17.4. The van der Waals surface area contributed by atoms with E-state index in [4.69, 9.17) is 0 Å². The Morgan fingerprint density at radius 2 is 1.75 bits per heavy atom. The molecule has 1 atom stereocenters. The Labute approximate surface area is 146 Å². The summed E-state index contributed by atoms with van der Waals surface area (Å²) in [6.07, 6.45) is 2.65. The summed E-state index contributed by atoms with van der Waals surface area (Å²) >= 11 is 0. The van der Waals surface area contributed by atoms with Gasteiger partial charge in [-0.1, -0.05) is 38.1 Å². The first-order valence-corrected chi connectivity index (χ1v) is 9.55. The molecular weight excluding hydrogens is 298 g/mol. The molecule has 1 aromatic rings. The van der Waals surface area contributed by atoms with Crippen molar-refractivity contribution in [3.05, 3.63) is 35.4 Å². The number of hydrogen-bond acceptors (Lipinski definition) is 3. The molecule has 1 fully saturated rings. The predicted molar refractivity (Wildman–Crippen MR) is 98.1 cm³/mol. The van der Waals surface area contributed by atoms with E-state index >= 15 is 0 Å². The first-order chi connectivity index (χ1) is 11.7. The molecule has 1 amide bonds. The third kappa shape index (κ3) is 3.81. The number of hydrogen-bond donors (Lipinski definition) is 0. The standard InChI is InChI=1S/C20H31N3O/c1-3-19-18-8-6-5-7-17(18)9-12-23(19)20(24)10-11-22-15-13-21(4-2)14-16-22/h5-8,19H,3-4,9-16H2,1-2H3/t19-/m0/s1. The van der Waals surface area contributed by atoms with E-state index < -0.39 is 0 Å². The average molecular weight is 329 g/mol. The van der Waals surface area contributed by atoms with Crippen molar-refractivity contribution in [3.63, 3.8) is 0 Å². The van der Waals surface area contributed by atoms with Gasteiger partial charge in [0.05, 0.1) is 6.04 Å². The van der Waals surface area contributed by atoms with E-state index in [2.05, 4.69) is 52.8 Å². The zero-order valence-electron chi connectivity index (χ0n) is 15.2. The summed E-state index contributed by atoms with van der Waals surface area (Å²) in [5, 5.41) is 0. The summed E-state index contributed by atoms with van der Waals surface area (Å²) in [6.45, 7) is 11.8. The quantitative estimate of drug-likeness (QED) is 0.831. The molecular formula is C20H31N3O. The second-order valence-electron chi connectivity index (χ2n) is 6.99. The number of nitrogens with zero attached hydrogens (tertiary/aromatic N) is 3. The van der Waals surface area contributed by atoms with Gasteiger partial charge in [0.2, 0.25) is 5.91 Å². The van der Waals surface area contributed by atoms with E-state index in [1.807, 2.05) is 0 Å². The molecule has 0 bridgehead atoms. The largest absolute Gasteiger partial charge is 0.335 e. The number of rotatable bonds is 5. The maximum Gasteiger partial charge on any atom is 0.224 e. The second-order valence-corrected chi connectivity index (χ2v) is 6.99. The van der Waals surface area contributed by atoms with Gasteiger partial charge in [0.1, 0.15) is 0 Å². The highest BCUT2D eigenvalue weighted by atomic mass is 16.2. The van der Waals surface area contributed by atoms with Crippen molar-refractivity contribution in [1.82, 2.24) is 14.7 Å². The van der Waals surface area contributed by atoms with Crippen molar-refractivity contribution in [3.8, 4) is 0 Å². The number of likely N-dealkylation sites (N-methyl/N-ethyl adjacent to an activating group) is 1. The van der Waals surface area contributed by atoms with E-state index in [0.29, 0.717) is 12.3 Å². The van der Waals surface area contributed by atoms with E-state index in [0.717, 1.165) is 58.7 Å². The molecule has 3 rings (SSSR count). The molecule has 2 heterocycles. The Bertz CT molecular complexity index is 552. The molecule has 4 heteroatoms. The molecule has 0 spiro atoms. The lowest BCUT2D eigenvalue weighted by Gasteiger charge is -2.38. The van der Waals surface area contributed by atoms with Gasteiger partial charge in [0, 0.05) is 45.7 Å². The van der Waals surface area contributed by atoms with Gasteiger partial charge in [-0.15, -0.1) is 0 Å². The molecule has 0 saturated carbocycles. The molecule has 1 saturated heterocycles. The highest BCUT2D eigenvalue weighted by molar-refractivity contribution is 5.77. The fourth-order valence-corrected chi connectivity index (χ4v) is 4.12. The second kappa shape index (κ2) is 8.13. The fourth-order valence-electron chi connectivity index (χ4n) is 4.12. The smallest absolute Gasteiger partial charge is 0.224 e. The van der Waals surface area contributed by atoms with Gasteiger partial charge in [-0.3, -0.25) is 4.79 Å². The number of amides is 1. The van der Waals surface area contributed by atoms with E-state index in [9.17, 15) is 4.79 Å². The number of carbonyl (C=O) groups is 1. The Balaban J connectivity index is 1.55. The van der Waals surface area contributed by atoms with Crippen LogP contribution in [0, 0.1) is 0 Å². The zero-order valence-corrected chi connectivity index (χ0v) is 15.2. The predicted octanol–water partition coefficient (Wildman–Crippen LogP) is 2.55. The Morgan fingerprint density at radius 3 is 2.46 bits per heavy atom. The normalized spacial score (nSPS) is 22.4. The van der Waals surface area contributed by atoms with Crippen LogP contribution in [0.2, 0.25) is 0 Å². The van der Waals surface area contributed by atoms with E-state index in [1.165, 1.54) is 11.1 Å². The molecule has 4 nitrogen and oxygen atoms in total. The van der Waals surface area contributed by atoms with Gasteiger partial charge < -0.3 is 14.7 Å². The van der Waals surface area contributed by atoms with Crippen molar-refractivity contribution in [2.24, 2.45) is 0 Å². The minimum absolute atomic E-state index is 0.263. The molecule has 0 aliphatic carbocycles. The van der Waals surface area contributed by atoms with Gasteiger partial charge in [0.15, 0.2) is 0 Å². The molecule has 0 radical (unpaired) electrons. The molecule has 0 aromatic heterocycles. The summed E-state index contributed by atoms with van der Waals surface area (Å²) in [5.74, 6) is 0.328. The van der Waals surface area contributed by atoms with Crippen LogP contribution in [0.25, 0.3) is 0 Å². The third-order valence-corrected chi connectivity index (χ3v) is 5.67. The van der Waals surface area contributed by atoms with Gasteiger partial charge >= 0.3 is 0 Å². The minimum Gasteiger partial charge on any atom is -0.335 e. The highest BCUT2D eigenvalue weighted by Gasteiger charge is 2.29. The van der Waals surface area contributed by atoms with E-state index in [-0.39, 0.29) is 6.04 Å². The molecule has 2 aliphatic heterocycles. The molecule has 0 N–H and O–H groups in total. The Kier molecular flexibility index (Phi) is 5.90. The molecule has 2 aliphatic rings. The first-order valence-electron chi connectivity index (χ1n) is 9.55. The third-order valence-electron chi connectivity index (χ3n) is 5.67. The number of benzene rings is 1. The molecule has 1 aromatic carbocycles. The monoisotopic (exact) mass is 329 g/mol. The Hall–Kier alpha value is -1.39. The maximum atomic E-state index is 12.8. The number of fused-ring (bicyclic) bond motifs is 1. The zero-order chi connectivity index (χ0) is 16.9. The van der Waals surface area contributed by atoms with Crippen LogP contribution in [0.4, 0.5) is 0 Å². The van der Waals surface area contributed by atoms with Gasteiger partial charge in [-0.05, 0) is 30.5 Å². The van der Waals surface area contributed by atoms with Gasteiger partial charge in [-0.2, -0.15) is 0 Å². The lowest BCUT2D eigenvalue weighted by molar-refractivity contribution is -0.134. The highest BCUT2D eigenvalue weighted by Crippen LogP contribution is 2.32. The molecule has 24 heavy (non-hydrogen) atoms. The average Bonchev–Trinajstić information content (AvgIpc) is 2.65. The fraction of sp³-hybridized carbons (Fsp3) is 0.650. The molecule has 132 valence electrons. The van der Waals surface area contributed by atoms with Crippen LogP contribution in [-0.2, 0) is 11.2 Å². The van der Waals surface area contributed by atoms with E-state index in [1.54, 1.807) is 0 Å². The number of piperazine rings is 1. The van der Waals surface area contributed by atoms with Crippen molar-refractivity contribution < 1.29 is 4.79 Å². The number of carbonyl (C=O) groups excluding carboxylic acids is 1. The van der Waals surface area contributed by atoms with Crippen LogP contribution in [-0.4, -0.2) is 66.4 Å². The van der Waals surface area contributed by atoms with Crippen molar-refractivity contribution in [1.29, 1.82) is 0 Å². The van der Waals surface area contributed by atoms with Crippen LogP contribution in [0.1, 0.15) is 43.9 Å². The van der Waals surface area contributed by atoms with Crippen LogP contribution in [0.5, 0.6) is 0 Å². The van der Waals surface area contributed by atoms with Crippen LogP contribution in [0.15, 0.2) is 24.3 Å². The SMILES string of the molecule is CC[C@H]1c2ccccc2CCN1C(=O)CCN1CCN(CC)CC1. The topological polar surface area (TPSA) is 26.8 Å². The lowest BCUT2D eigenvalue weighted by Crippen LogP contribution is -2.47. The van der Waals surface area contributed by atoms with Crippen LogP contribution in [0.3, 0.4) is 0 Å². The summed E-state index contributed by atoms with van der Waals surface area (Å²) in [5.41, 5.74) is 2.78. The maximum absolute atomic E-state index is 12.8. The van der Waals surface area contributed by atoms with Crippen LogP contribution >= 0.6 is 0 Å². The summed E-state index contributed by atoms with van der Waals surface area (Å²) in [6, 6.07) is 8.89. The molecule has 0 unspecified atom stereocenters. The van der Waals surface area contributed by atoms with Crippen LogP contribution < -0.4 is 0 Å². The van der Waals surface area contributed by atoms with Gasteiger partial charge in [-0.25, -0.2) is 0 Å². The van der Waals surface area contributed by atoms with Crippen molar-refractivity contribution >= 4 is 5.91 Å². The summed E-state index contributed by atoms with van der Waals surface area (Å²) < 4.78 is 0. The van der Waals surface area contributed by atoms with Gasteiger partial charge in [0.25, 0.3) is 0 Å². The lowest BCUT2D eigenvalue weighted by atomic mass is 9.91.